The summed E-state index contributed by atoms with van der Waals surface area (Å²) < 4.78 is 5.46. The van der Waals surface area contributed by atoms with Crippen LogP contribution >= 0.6 is 0 Å². The summed E-state index contributed by atoms with van der Waals surface area (Å²) in [6.45, 7) is 0. The van der Waals surface area contributed by atoms with Crippen molar-refractivity contribution < 1.29 is 14.5 Å². The smallest absolute Gasteiger partial charge is 0.322 e. The molecule has 1 heterocycles. The number of benzene rings is 2. The third-order valence-corrected chi connectivity index (χ3v) is 3.16. The van der Waals surface area contributed by atoms with Gasteiger partial charge in [-0.15, -0.1) is 0 Å². The van der Waals surface area contributed by atoms with Gasteiger partial charge in [0, 0.05) is 17.7 Å². The lowest BCUT2D eigenvalue weighted by Crippen LogP contribution is -2.12. The number of carbonyl (C=O) groups excluding carboxylic acids is 1. The summed E-state index contributed by atoms with van der Waals surface area (Å²) in [5, 5.41) is 13.3. The summed E-state index contributed by atoms with van der Waals surface area (Å²) >= 11 is 0. The van der Waals surface area contributed by atoms with Crippen LogP contribution in [0, 0.1) is 10.1 Å². The first kappa shape index (κ1) is 16.1. The summed E-state index contributed by atoms with van der Waals surface area (Å²) in [5.74, 6) is 0.0971. The highest BCUT2D eigenvalue weighted by Crippen LogP contribution is 2.18. The van der Waals surface area contributed by atoms with Crippen molar-refractivity contribution in [2.45, 2.75) is 0 Å². The molecule has 1 aromatic heterocycles. The van der Waals surface area contributed by atoms with Gasteiger partial charge in [0.25, 0.3) is 11.6 Å². The lowest BCUT2D eigenvalue weighted by molar-refractivity contribution is -0.384. The van der Waals surface area contributed by atoms with E-state index >= 15 is 0 Å². The highest BCUT2D eigenvalue weighted by molar-refractivity contribution is 6.04. The molecule has 2 aromatic carbocycles. The van der Waals surface area contributed by atoms with Crippen LogP contribution in [-0.4, -0.2) is 20.8 Å². The number of para-hydroxylation sites is 1. The molecule has 0 bridgehead atoms. The van der Waals surface area contributed by atoms with E-state index in [-0.39, 0.29) is 17.3 Å². The number of hydrogen-bond acceptors (Lipinski definition) is 6. The molecular formula is C17H12N4O4. The van der Waals surface area contributed by atoms with Gasteiger partial charge in [-0.2, -0.15) is 0 Å². The molecule has 8 heteroatoms. The lowest BCUT2D eigenvalue weighted by Gasteiger charge is -2.06. The molecule has 0 saturated carbocycles. The van der Waals surface area contributed by atoms with E-state index in [4.69, 9.17) is 4.74 Å². The molecule has 0 unspecified atom stereocenters. The Bertz CT molecular complexity index is 898. The monoisotopic (exact) mass is 336 g/mol. The Morgan fingerprint density at radius 3 is 2.44 bits per heavy atom. The van der Waals surface area contributed by atoms with Gasteiger partial charge in [-0.05, 0) is 18.2 Å². The van der Waals surface area contributed by atoms with Crippen molar-refractivity contribution in [2.75, 3.05) is 5.32 Å². The first-order valence-electron chi connectivity index (χ1n) is 7.22. The van der Waals surface area contributed by atoms with Crippen LogP contribution in [0.15, 0.2) is 67.0 Å². The fourth-order valence-corrected chi connectivity index (χ4v) is 1.99. The minimum Gasteiger partial charge on any atom is -0.424 e. The molecule has 3 rings (SSSR count). The quantitative estimate of drug-likeness (QED) is 0.565. The predicted octanol–water partition coefficient (Wildman–Crippen LogP) is 3.43. The third-order valence-electron chi connectivity index (χ3n) is 3.16. The van der Waals surface area contributed by atoms with Gasteiger partial charge in [0.05, 0.1) is 23.0 Å². The second kappa shape index (κ2) is 7.18. The molecule has 0 atom stereocenters. The summed E-state index contributed by atoms with van der Waals surface area (Å²) in [6.07, 6.45) is 2.78. The van der Waals surface area contributed by atoms with Gasteiger partial charge in [0.1, 0.15) is 5.75 Å². The number of amides is 1. The minimum atomic E-state index is -0.560. The highest BCUT2D eigenvalue weighted by atomic mass is 16.6. The number of carbonyl (C=O) groups is 1. The molecule has 1 N–H and O–H groups in total. The van der Waals surface area contributed by atoms with Crippen LogP contribution in [0.5, 0.6) is 11.8 Å². The molecule has 0 aliphatic carbocycles. The number of anilines is 1. The van der Waals surface area contributed by atoms with Crippen molar-refractivity contribution in [3.05, 3.63) is 82.7 Å². The molecule has 0 spiro atoms. The molecular weight excluding hydrogens is 324 g/mol. The Morgan fingerprint density at radius 2 is 1.76 bits per heavy atom. The molecule has 0 aliphatic heterocycles. The van der Waals surface area contributed by atoms with Crippen LogP contribution in [0.1, 0.15) is 10.4 Å². The topological polar surface area (TPSA) is 107 Å². The van der Waals surface area contributed by atoms with Crippen LogP contribution in [0.4, 0.5) is 11.4 Å². The van der Waals surface area contributed by atoms with Gasteiger partial charge in [0.2, 0.25) is 0 Å². The number of nitro groups is 1. The highest BCUT2D eigenvalue weighted by Gasteiger charge is 2.12. The van der Waals surface area contributed by atoms with Crippen LogP contribution in [0.25, 0.3) is 0 Å². The maximum Gasteiger partial charge on any atom is 0.322 e. The zero-order valence-electron chi connectivity index (χ0n) is 12.8. The summed E-state index contributed by atoms with van der Waals surface area (Å²) in [4.78, 5) is 30.4. The molecule has 8 nitrogen and oxygen atoms in total. The fraction of sp³-hybridized carbons (Fsp3) is 0. The first-order valence-corrected chi connectivity index (χ1v) is 7.22. The van der Waals surface area contributed by atoms with Crippen LogP contribution < -0.4 is 10.1 Å². The summed E-state index contributed by atoms with van der Waals surface area (Å²) in [5.41, 5.74) is 0.353. The predicted molar refractivity (Wildman–Crippen MR) is 89.6 cm³/mol. The maximum atomic E-state index is 12.1. The number of rotatable bonds is 5. The summed E-state index contributed by atoms with van der Waals surface area (Å²) in [6, 6.07) is 14.6. The van der Waals surface area contributed by atoms with E-state index in [9.17, 15) is 14.9 Å². The number of nitrogens with zero attached hydrogens (tertiary/aromatic N) is 3. The van der Waals surface area contributed by atoms with Crippen molar-refractivity contribution in [1.82, 2.24) is 9.97 Å². The van der Waals surface area contributed by atoms with Crippen LogP contribution in [-0.2, 0) is 0 Å². The zero-order chi connectivity index (χ0) is 17.6. The van der Waals surface area contributed by atoms with Crippen molar-refractivity contribution >= 4 is 17.3 Å². The van der Waals surface area contributed by atoms with E-state index in [2.05, 4.69) is 15.3 Å². The molecule has 3 aromatic rings. The van der Waals surface area contributed by atoms with Gasteiger partial charge in [-0.3, -0.25) is 14.9 Å². The Balaban J connectivity index is 1.68. The van der Waals surface area contributed by atoms with Gasteiger partial charge in [-0.1, -0.05) is 24.3 Å². The van der Waals surface area contributed by atoms with Gasteiger partial charge in [0.15, 0.2) is 0 Å². The van der Waals surface area contributed by atoms with E-state index < -0.39 is 10.8 Å². The number of nitro benzene ring substituents is 1. The molecule has 124 valence electrons. The van der Waals surface area contributed by atoms with Crippen LogP contribution in [0.2, 0.25) is 0 Å². The van der Waals surface area contributed by atoms with Crippen molar-refractivity contribution in [3.63, 3.8) is 0 Å². The Kier molecular flexibility index (Phi) is 4.61. The molecule has 0 saturated heterocycles. The average molecular weight is 336 g/mol. The number of hydrogen-bond donors (Lipinski definition) is 1. The molecule has 0 radical (unpaired) electrons. The molecule has 25 heavy (non-hydrogen) atoms. The van der Waals surface area contributed by atoms with E-state index in [1.165, 1.54) is 36.7 Å². The van der Waals surface area contributed by atoms with Gasteiger partial charge < -0.3 is 10.1 Å². The third kappa shape index (κ3) is 4.14. The minimum absolute atomic E-state index is 0.138. The number of non-ortho nitro benzene ring substituents is 1. The second-order valence-electron chi connectivity index (χ2n) is 4.93. The summed E-state index contributed by atoms with van der Waals surface area (Å²) in [7, 11) is 0. The Morgan fingerprint density at radius 1 is 1.04 bits per heavy atom. The zero-order valence-corrected chi connectivity index (χ0v) is 12.8. The standard InChI is InChI=1S/C17H12N4O4/c22-16(12-5-4-6-14(9-12)21(23)24)20-13-10-18-17(19-11-13)25-15-7-2-1-3-8-15/h1-11H,(H,20,22). The molecule has 0 fully saturated rings. The number of aromatic nitrogens is 2. The normalized spacial score (nSPS) is 10.1. The van der Waals surface area contributed by atoms with Gasteiger partial charge in [-0.25, -0.2) is 9.97 Å². The van der Waals surface area contributed by atoms with E-state index in [0.29, 0.717) is 11.4 Å². The average Bonchev–Trinajstić information content (AvgIpc) is 2.64. The van der Waals surface area contributed by atoms with Crippen molar-refractivity contribution in [2.24, 2.45) is 0 Å². The van der Waals surface area contributed by atoms with Crippen LogP contribution in [0.3, 0.4) is 0 Å². The number of ether oxygens (including phenoxy) is 1. The van der Waals surface area contributed by atoms with E-state index in [1.807, 2.05) is 18.2 Å². The van der Waals surface area contributed by atoms with Gasteiger partial charge >= 0.3 is 6.01 Å². The molecule has 1 amide bonds. The lowest BCUT2D eigenvalue weighted by atomic mass is 10.2. The van der Waals surface area contributed by atoms with E-state index in [0.717, 1.165) is 0 Å². The second-order valence-corrected chi connectivity index (χ2v) is 4.93. The Labute approximate surface area is 142 Å². The number of nitrogens with one attached hydrogen (secondary N) is 1. The molecule has 0 aliphatic rings. The fourth-order valence-electron chi connectivity index (χ4n) is 1.99. The maximum absolute atomic E-state index is 12.1. The van der Waals surface area contributed by atoms with Crippen molar-refractivity contribution in [1.29, 1.82) is 0 Å². The Hall–Kier alpha value is -3.81. The first-order chi connectivity index (χ1) is 12.1. The largest absolute Gasteiger partial charge is 0.424 e. The van der Waals surface area contributed by atoms with E-state index in [1.54, 1.807) is 12.1 Å². The SMILES string of the molecule is O=C(Nc1cnc(Oc2ccccc2)nc1)c1cccc([N+](=O)[O-])c1. The van der Waals surface area contributed by atoms with Crippen molar-refractivity contribution in [3.8, 4) is 11.8 Å².